The van der Waals surface area contributed by atoms with Gasteiger partial charge in [0, 0.05) is 43.8 Å². The highest BCUT2D eigenvalue weighted by atomic mass is 16.2. The summed E-state index contributed by atoms with van der Waals surface area (Å²) in [7, 11) is 0. The zero-order valence-corrected chi connectivity index (χ0v) is 16.9. The van der Waals surface area contributed by atoms with Gasteiger partial charge in [-0.3, -0.25) is 4.79 Å². The minimum Gasteiger partial charge on any atom is -0.372 e. The molecule has 2 aliphatic heterocycles. The van der Waals surface area contributed by atoms with E-state index in [9.17, 15) is 4.79 Å². The van der Waals surface area contributed by atoms with Gasteiger partial charge in [0.1, 0.15) is 5.69 Å². The molecular weight excluding hydrogens is 374 g/mol. The Labute approximate surface area is 176 Å². The van der Waals surface area contributed by atoms with E-state index in [1.165, 1.54) is 29.7 Å². The Morgan fingerprint density at radius 2 is 1.67 bits per heavy atom. The maximum Gasteiger partial charge on any atom is 0.272 e. The molecule has 152 valence electrons. The smallest absolute Gasteiger partial charge is 0.272 e. The van der Waals surface area contributed by atoms with E-state index in [1.807, 2.05) is 23.1 Å². The van der Waals surface area contributed by atoms with Crippen LogP contribution in [0.15, 0.2) is 60.8 Å². The lowest BCUT2D eigenvalue weighted by molar-refractivity contribution is 0.0728. The Kier molecular flexibility index (Phi) is 5.05. The van der Waals surface area contributed by atoms with Gasteiger partial charge in [-0.1, -0.05) is 24.3 Å². The second-order valence-electron chi connectivity index (χ2n) is 7.88. The van der Waals surface area contributed by atoms with Crippen LogP contribution in [0.25, 0.3) is 0 Å². The van der Waals surface area contributed by atoms with Crippen LogP contribution in [0.3, 0.4) is 0 Å². The first-order chi connectivity index (χ1) is 14.8. The van der Waals surface area contributed by atoms with Crippen molar-refractivity contribution in [2.24, 2.45) is 0 Å². The number of benzene rings is 2. The lowest BCUT2D eigenvalue weighted by atomic mass is 10.00. The zero-order chi connectivity index (χ0) is 20.3. The summed E-state index contributed by atoms with van der Waals surface area (Å²) in [5.41, 5.74) is 5.11. The molecule has 0 unspecified atom stereocenters. The lowest BCUT2D eigenvalue weighted by Crippen LogP contribution is -2.36. The first-order valence-corrected chi connectivity index (χ1v) is 10.6. The van der Waals surface area contributed by atoms with Crippen molar-refractivity contribution >= 4 is 23.2 Å². The van der Waals surface area contributed by atoms with Gasteiger partial charge in [-0.25, -0.2) is 9.97 Å². The zero-order valence-electron chi connectivity index (χ0n) is 16.9. The molecule has 1 aromatic heterocycles. The van der Waals surface area contributed by atoms with Crippen molar-refractivity contribution in [3.63, 3.8) is 0 Å². The average molecular weight is 399 g/mol. The summed E-state index contributed by atoms with van der Waals surface area (Å²) < 4.78 is 0. The molecule has 0 spiro atoms. The van der Waals surface area contributed by atoms with Crippen molar-refractivity contribution in [3.05, 3.63) is 77.6 Å². The topological polar surface area (TPSA) is 61.4 Å². The summed E-state index contributed by atoms with van der Waals surface area (Å²) in [5, 5.41) is 3.22. The summed E-state index contributed by atoms with van der Waals surface area (Å²) in [6.07, 6.45) is 5.04. The van der Waals surface area contributed by atoms with Crippen LogP contribution < -0.4 is 10.2 Å². The summed E-state index contributed by atoms with van der Waals surface area (Å²) >= 11 is 0. The second-order valence-corrected chi connectivity index (χ2v) is 7.88. The molecule has 3 heterocycles. The third-order valence-electron chi connectivity index (χ3n) is 5.89. The fraction of sp³-hybridized carbons (Fsp3) is 0.292. The van der Waals surface area contributed by atoms with E-state index in [4.69, 9.17) is 0 Å². The van der Waals surface area contributed by atoms with Crippen LogP contribution in [0.4, 0.5) is 17.3 Å². The Morgan fingerprint density at radius 1 is 0.900 bits per heavy atom. The number of rotatable bonds is 4. The van der Waals surface area contributed by atoms with Crippen LogP contribution in [-0.2, 0) is 13.0 Å². The fourth-order valence-electron chi connectivity index (χ4n) is 4.23. The van der Waals surface area contributed by atoms with Crippen LogP contribution in [0.2, 0.25) is 0 Å². The minimum absolute atomic E-state index is 0.0562. The van der Waals surface area contributed by atoms with Crippen molar-refractivity contribution in [1.29, 1.82) is 0 Å². The molecule has 1 amide bonds. The van der Waals surface area contributed by atoms with E-state index in [-0.39, 0.29) is 5.91 Å². The number of carbonyl (C=O) groups excluding carboxylic acids is 1. The van der Waals surface area contributed by atoms with E-state index in [1.54, 1.807) is 12.3 Å². The monoisotopic (exact) mass is 399 g/mol. The Hall–Kier alpha value is -3.41. The van der Waals surface area contributed by atoms with Gasteiger partial charge in [-0.15, -0.1) is 0 Å². The number of nitrogens with zero attached hydrogens (tertiary/aromatic N) is 4. The van der Waals surface area contributed by atoms with Crippen molar-refractivity contribution in [3.8, 4) is 0 Å². The van der Waals surface area contributed by atoms with E-state index >= 15 is 0 Å². The van der Waals surface area contributed by atoms with Crippen molar-refractivity contribution in [2.75, 3.05) is 29.9 Å². The van der Waals surface area contributed by atoms with E-state index in [0.717, 1.165) is 25.2 Å². The molecule has 2 aromatic carbocycles. The highest BCUT2D eigenvalue weighted by Gasteiger charge is 2.22. The number of hydrogen-bond acceptors (Lipinski definition) is 5. The molecule has 3 aromatic rings. The largest absolute Gasteiger partial charge is 0.372 e. The number of anilines is 3. The van der Waals surface area contributed by atoms with Gasteiger partial charge in [0.2, 0.25) is 5.95 Å². The predicted molar refractivity (Wildman–Crippen MR) is 118 cm³/mol. The van der Waals surface area contributed by atoms with Gasteiger partial charge in [0.25, 0.3) is 5.91 Å². The van der Waals surface area contributed by atoms with Crippen molar-refractivity contribution in [2.45, 2.75) is 25.8 Å². The highest BCUT2D eigenvalue weighted by molar-refractivity contribution is 5.92. The number of nitrogens with one attached hydrogen (secondary N) is 1. The number of fused-ring (bicyclic) bond motifs is 1. The average Bonchev–Trinajstić information content (AvgIpc) is 3.34. The molecule has 5 rings (SSSR count). The Bertz CT molecular complexity index is 1040. The molecule has 1 fully saturated rings. The third kappa shape index (κ3) is 3.85. The second kappa shape index (κ2) is 8.14. The molecule has 6 nitrogen and oxygen atoms in total. The lowest BCUT2D eigenvalue weighted by Gasteiger charge is -2.28. The van der Waals surface area contributed by atoms with Crippen LogP contribution in [0.5, 0.6) is 0 Å². The molecule has 6 heteroatoms. The molecule has 0 atom stereocenters. The Morgan fingerprint density at radius 3 is 2.47 bits per heavy atom. The molecule has 1 saturated heterocycles. The highest BCUT2D eigenvalue weighted by Crippen LogP contribution is 2.24. The first kappa shape index (κ1) is 18.6. The summed E-state index contributed by atoms with van der Waals surface area (Å²) in [6.45, 7) is 3.59. The molecule has 2 aliphatic rings. The number of amides is 1. The summed E-state index contributed by atoms with van der Waals surface area (Å²) in [6, 6.07) is 18.3. The molecular formula is C24H25N5O. The van der Waals surface area contributed by atoms with Crippen molar-refractivity contribution in [1.82, 2.24) is 14.9 Å². The van der Waals surface area contributed by atoms with Crippen LogP contribution in [0, 0.1) is 0 Å². The van der Waals surface area contributed by atoms with E-state index in [0.29, 0.717) is 24.7 Å². The van der Waals surface area contributed by atoms with Crippen LogP contribution in [0.1, 0.15) is 34.5 Å². The molecule has 0 aliphatic carbocycles. The van der Waals surface area contributed by atoms with E-state index in [2.05, 4.69) is 50.5 Å². The van der Waals surface area contributed by atoms with Gasteiger partial charge in [0.05, 0.1) is 0 Å². The molecule has 0 bridgehead atoms. The molecule has 1 N–H and O–H groups in total. The van der Waals surface area contributed by atoms with E-state index < -0.39 is 0 Å². The summed E-state index contributed by atoms with van der Waals surface area (Å²) in [4.78, 5) is 26.0. The van der Waals surface area contributed by atoms with Gasteiger partial charge < -0.3 is 15.1 Å². The standard InChI is InChI=1S/C24H25N5O/c30-23(29-16-12-18-5-1-2-6-19(18)17-29)22-11-13-25-24(27-22)26-20-7-9-21(10-8-20)28-14-3-4-15-28/h1-2,5-11,13H,3-4,12,14-17H2,(H,25,26,27). The maximum absolute atomic E-state index is 13.0. The normalized spacial score (nSPS) is 15.7. The molecule has 0 radical (unpaired) electrons. The Balaban J connectivity index is 1.28. The maximum atomic E-state index is 13.0. The first-order valence-electron chi connectivity index (χ1n) is 10.6. The van der Waals surface area contributed by atoms with Gasteiger partial charge in [-0.05, 0) is 60.7 Å². The van der Waals surface area contributed by atoms with Crippen LogP contribution in [-0.4, -0.2) is 40.4 Å². The molecule has 0 saturated carbocycles. The third-order valence-corrected chi connectivity index (χ3v) is 5.89. The van der Waals surface area contributed by atoms with Crippen molar-refractivity contribution < 1.29 is 4.79 Å². The quantitative estimate of drug-likeness (QED) is 0.718. The number of carbonyl (C=O) groups is 1. The molecule has 30 heavy (non-hydrogen) atoms. The fourth-order valence-corrected chi connectivity index (χ4v) is 4.23. The predicted octanol–water partition coefficient (Wildman–Crippen LogP) is 4.02. The van der Waals surface area contributed by atoms with Crippen LogP contribution >= 0.6 is 0 Å². The van der Waals surface area contributed by atoms with Gasteiger partial charge >= 0.3 is 0 Å². The number of aromatic nitrogens is 2. The number of hydrogen-bond donors (Lipinski definition) is 1. The minimum atomic E-state index is -0.0562. The SMILES string of the molecule is O=C(c1ccnc(Nc2ccc(N3CCCC3)cc2)n1)N1CCc2ccccc2C1. The summed E-state index contributed by atoms with van der Waals surface area (Å²) in [5.74, 6) is 0.381. The van der Waals surface area contributed by atoms with Gasteiger partial charge in [-0.2, -0.15) is 0 Å². The van der Waals surface area contributed by atoms with Gasteiger partial charge in [0.15, 0.2) is 0 Å².